The van der Waals surface area contributed by atoms with E-state index in [1.165, 1.54) is 0 Å². The molecule has 0 unspecified atom stereocenters. The quantitative estimate of drug-likeness (QED) is 0.831. The molecule has 9 heteroatoms. The summed E-state index contributed by atoms with van der Waals surface area (Å²) in [7, 11) is 1.12. The highest BCUT2D eigenvalue weighted by Crippen LogP contribution is 2.35. The van der Waals surface area contributed by atoms with E-state index in [2.05, 4.69) is 14.5 Å². The lowest BCUT2D eigenvalue weighted by molar-refractivity contribution is -0.275. The Bertz CT molecular complexity index is 491. The van der Waals surface area contributed by atoms with Gasteiger partial charge in [0.05, 0.1) is 19.3 Å². The van der Waals surface area contributed by atoms with Crippen molar-refractivity contribution in [2.24, 2.45) is 5.73 Å². The SMILES string of the molecule is CCOC(=O)c1cnc(OC)c(OC(F)(F)F)c1CN. The second-order valence-corrected chi connectivity index (χ2v) is 3.46. The Kier molecular flexibility index (Phi) is 5.14. The van der Waals surface area contributed by atoms with Gasteiger partial charge >= 0.3 is 12.3 Å². The summed E-state index contributed by atoms with van der Waals surface area (Å²) in [5.74, 6) is -2.00. The van der Waals surface area contributed by atoms with E-state index in [0.717, 1.165) is 13.3 Å². The predicted molar refractivity (Wildman–Crippen MR) is 61.3 cm³/mol. The number of aromatic nitrogens is 1. The minimum absolute atomic E-state index is 0.0599. The molecule has 0 saturated carbocycles. The number of hydrogen-bond acceptors (Lipinski definition) is 6. The number of esters is 1. The van der Waals surface area contributed by atoms with Gasteiger partial charge in [-0.25, -0.2) is 9.78 Å². The smallest absolute Gasteiger partial charge is 0.478 e. The van der Waals surface area contributed by atoms with Crippen LogP contribution in [0.4, 0.5) is 13.2 Å². The average Bonchev–Trinajstić information content (AvgIpc) is 2.36. The van der Waals surface area contributed by atoms with Gasteiger partial charge in [0.15, 0.2) is 5.75 Å². The molecule has 0 aliphatic rings. The third-order valence-electron chi connectivity index (χ3n) is 2.21. The van der Waals surface area contributed by atoms with Crippen LogP contribution in [0.15, 0.2) is 6.20 Å². The molecule has 6 nitrogen and oxygen atoms in total. The highest BCUT2D eigenvalue weighted by Gasteiger charge is 2.35. The van der Waals surface area contributed by atoms with Gasteiger partial charge in [-0.2, -0.15) is 0 Å². The minimum Gasteiger partial charge on any atom is -0.478 e. The van der Waals surface area contributed by atoms with Gasteiger partial charge in [-0.05, 0) is 6.92 Å². The molecule has 0 aliphatic carbocycles. The molecule has 0 radical (unpaired) electrons. The van der Waals surface area contributed by atoms with Gasteiger partial charge in [0, 0.05) is 18.3 Å². The first kappa shape index (κ1) is 16.0. The molecule has 0 bridgehead atoms. The van der Waals surface area contributed by atoms with Crippen molar-refractivity contribution in [2.75, 3.05) is 13.7 Å². The van der Waals surface area contributed by atoms with Crippen molar-refractivity contribution in [3.8, 4) is 11.6 Å². The van der Waals surface area contributed by atoms with Crippen LogP contribution in [0.25, 0.3) is 0 Å². The van der Waals surface area contributed by atoms with Crippen LogP contribution < -0.4 is 15.2 Å². The molecular formula is C11H13F3N2O4. The third-order valence-corrected chi connectivity index (χ3v) is 2.21. The van der Waals surface area contributed by atoms with Crippen molar-refractivity contribution >= 4 is 5.97 Å². The molecule has 0 saturated heterocycles. The molecule has 20 heavy (non-hydrogen) atoms. The lowest BCUT2D eigenvalue weighted by Gasteiger charge is -2.17. The van der Waals surface area contributed by atoms with E-state index in [0.29, 0.717) is 0 Å². The first-order chi connectivity index (χ1) is 9.34. The fraction of sp³-hybridized carbons (Fsp3) is 0.455. The molecule has 1 aromatic rings. The van der Waals surface area contributed by atoms with Crippen LogP contribution in [0.1, 0.15) is 22.8 Å². The van der Waals surface area contributed by atoms with Crippen molar-refractivity contribution in [1.29, 1.82) is 0 Å². The van der Waals surface area contributed by atoms with Crippen LogP contribution >= 0.6 is 0 Å². The summed E-state index contributed by atoms with van der Waals surface area (Å²) in [5.41, 5.74) is 5.00. The molecular weight excluding hydrogens is 281 g/mol. The van der Waals surface area contributed by atoms with Crippen molar-refractivity contribution in [3.05, 3.63) is 17.3 Å². The average molecular weight is 294 g/mol. The molecule has 0 atom stereocenters. The lowest BCUT2D eigenvalue weighted by atomic mass is 10.1. The Morgan fingerprint density at radius 1 is 1.45 bits per heavy atom. The van der Waals surface area contributed by atoms with E-state index < -0.39 is 24.0 Å². The number of nitrogens with two attached hydrogens (primary N) is 1. The topological polar surface area (TPSA) is 83.7 Å². The van der Waals surface area contributed by atoms with E-state index in [1.807, 2.05) is 0 Å². The van der Waals surface area contributed by atoms with E-state index in [9.17, 15) is 18.0 Å². The van der Waals surface area contributed by atoms with E-state index in [-0.39, 0.29) is 24.3 Å². The minimum atomic E-state index is -4.97. The summed E-state index contributed by atoms with van der Waals surface area (Å²) >= 11 is 0. The molecule has 1 aromatic heterocycles. The largest absolute Gasteiger partial charge is 0.573 e. The number of ether oxygens (including phenoxy) is 3. The molecule has 0 fully saturated rings. The molecule has 1 rings (SSSR count). The van der Waals surface area contributed by atoms with Crippen LogP contribution in [0.3, 0.4) is 0 Å². The standard InChI is InChI=1S/C11H13F3N2O4/c1-3-19-10(17)7-5-16-9(18-2)8(6(7)4-15)20-11(12,13)14/h5H,3-4,15H2,1-2H3. The van der Waals surface area contributed by atoms with Crippen LogP contribution in [-0.2, 0) is 11.3 Å². The van der Waals surface area contributed by atoms with Gasteiger partial charge in [-0.15, -0.1) is 13.2 Å². The number of carbonyl (C=O) groups is 1. The second-order valence-electron chi connectivity index (χ2n) is 3.46. The maximum absolute atomic E-state index is 12.4. The highest BCUT2D eigenvalue weighted by molar-refractivity contribution is 5.91. The zero-order valence-corrected chi connectivity index (χ0v) is 10.8. The highest BCUT2D eigenvalue weighted by atomic mass is 19.4. The van der Waals surface area contributed by atoms with Gasteiger partial charge in [-0.3, -0.25) is 0 Å². The zero-order chi connectivity index (χ0) is 15.3. The number of methoxy groups -OCH3 is 1. The zero-order valence-electron chi connectivity index (χ0n) is 10.8. The van der Waals surface area contributed by atoms with Gasteiger partial charge in [0.25, 0.3) is 5.88 Å². The Hall–Kier alpha value is -2.03. The van der Waals surface area contributed by atoms with Crippen molar-refractivity contribution in [2.45, 2.75) is 19.8 Å². The number of rotatable bonds is 5. The normalized spacial score (nSPS) is 11.1. The summed E-state index contributed by atoms with van der Waals surface area (Å²) in [6.45, 7) is 1.24. The fourth-order valence-corrected chi connectivity index (χ4v) is 1.46. The first-order valence-electron chi connectivity index (χ1n) is 5.52. The third kappa shape index (κ3) is 3.73. The van der Waals surface area contributed by atoms with E-state index in [1.54, 1.807) is 6.92 Å². The lowest BCUT2D eigenvalue weighted by Crippen LogP contribution is -2.21. The predicted octanol–water partition coefficient (Wildman–Crippen LogP) is 1.62. The molecule has 2 N–H and O–H groups in total. The van der Waals surface area contributed by atoms with E-state index in [4.69, 9.17) is 10.5 Å². The monoisotopic (exact) mass is 294 g/mol. The molecule has 0 aliphatic heterocycles. The molecule has 0 aromatic carbocycles. The van der Waals surface area contributed by atoms with Crippen LogP contribution in [0.2, 0.25) is 0 Å². The maximum atomic E-state index is 12.4. The maximum Gasteiger partial charge on any atom is 0.573 e. The number of carbonyl (C=O) groups excluding carboxylic acids is 1. The molecule has 112 valence electrons. The fourth-order valence-electron chi connectivity index (χ4n) is 1.46. The molecule has 0 spiro atoms. The second kappa shape index (κ2) is 6.42. The van der Waals surface area contributed by atoms with Crippen molar-refractivity contribution in [3.63, 3.8) is 0 Å². The Labute approximate surface area is 112 Å². The Morgan fingerprint density at radius 2 is 2.10 bits per heavy atom. The van der Waals surface area contributed by atoms with Gasteiger partial charge in [0.1, 0.15) is 0 Å². The Balaban J connectivity index is 3.36. The van der Waals surface area contributed by atoms with Crippen LogP contribution in [0.5, 0.6) is 11.6 Å². The van der Waals surface area contributed by atoms with Crippen LogP contribution in [0, 0.1) is 0 Å². The van der Waals surface area contributed by atoms with Gasteiger partial charge < -0.3 is 19.9 Å². The number of hydrogen-bond donors (Lipinski definition) is 1. The number of nitrogens with zero attached hydrogens (tertiary/aromatic N) is 1. The summed E-state index contributed by atoms with van der Waals surface area (Å²) < 4.78 is 50.4. The molecule has 1 heterocycles. The molecule has 0 amide bonds. The number of alkyl halides is 3. The van der Waals surface area contributed by atoms with E-state index >= 15 is 0 Å². The summed E-state index contributed by atoms with van der Waals surface area (Å²) in [4.78, 5) is 15.2. The van der Waals surface area contributed by atoms with Gasteiger partial charge in [-0.1, -0.05) is 0 Å². The summed E-state index contributed by atoms with van der Waals surface area (Å²) in [6.07, 6.45) is -3.94. The summed E-state index contributed by atoms with van der Waals surface area (Å²) in [5, 5.41) is 0. The van der Waals surface area contributed by atoms with Gasteiger partial charge in [0.2, 0.25) is 0 Å². The Morgan fingerprint density at radius 3 is 2.55 bits per heavy atom. The number of pyridine rings is 1. The van der Waals surface area contributed by atoms with Crippen molar-refractivity contribution in [1.82, 2.24) is 4.98 Å². The number of halogens is 3. The summed E-state index contributed by atoms with van der Waals surface area (Å²) in [6, 6.07) is 0. The first-order valence-corrected chi connectivity index (χ1v) is 5.52. The van der Waals surface area contributed by atoms with Crippen molar-refractivity contribution < 1.29 is 32.2 Å². The van der Waals surface area contributed by atoms with Crippen LogP contribution in [-0.4, -0.2) is 31.0 Å².